The lowest BCUT2D eigenvalue weighted by molar-refractivity contribution is -0.0566. The Balaban J connectivity index is 1.62. The van der Waals surface area contributed by atoms with Crippen molar-refractivity contribution in [1.29, 1.82) is 0 Å². The summed E-state index contributed by atoms with van der Waals surface area (Å²) in [5.41, 5.74) is 0.947. The van der Waals surface area contributed by atoms with E-state index in [9.17, 15) is 14.7 Å². The zero-order valence-electron chi connectivity index (χ0n) is 18.2. The van der Waals surface area contributed by atoms with E-state index in [1.165, 1.54) is 4.57 Å². The van der Waals surface area contributed by atoms with E-state index in [1.807, 2.05) is 48.5 Å². The molecule has 2 aromatic carbocycles. The molecule has 32 heavy (non-hydrogen) atoms. The SMILES string of the molecule is COc1cccc(-c2ccccc2CNC(=O)c2nc3n(c(=O)c2O)CCOC3(C)C)c1. The van der Waals surface area contributed by atoms with Crippen LogP contribution in [-0.4, -0.2) is 34.3 Å². The number of methoxy groups -OCH3 is 1. The normalized spacial score (nSPS) is 14.5. The van der Waals surface area contributed by atoms with Crippen molar-refractivity contribution in [3.8, 4) is 22.6 Å². The number of carbonyl (C=O) groups is 1. The predicted molar refractivity (Wildman–Crippen MR) is 119 cm³/mol. The van der Waals surface area contributed by atoms with E-state index in [1.54, 1.807) is 21.0 Å². The second-order valence-corrected chi connectivity index (χ2v) is 8.02. The first-order valence-corrected chi connectivity index (χ1v) is 10.3. The molecule has 4 rings (SSSR count). The minimum absolute atomic E-state index is 0.186. The van der Waals surface area contributed by atoms with Gasteiger partial charge in [-0.2, -0.15) is 0 Å². The highest BCUT2D eigenvalue weighted by Gasteiger charge is 2.34. The molecule has 2 N–H and O–H groups in total. The molecule has 1 aliphatic rings. The van der Waals surface area contributed by atoms with Crippen molar-refractivity contribution in [2.75, 3.05) is 13.7 Å². The number of aromatic hydroxyl groups is 1. The second-order valence-electron chi connectivity index (χ2n) is 8.02. The number of fused-ring (bicyclic) bond motifs is 1. The molecule has 0 aliphatic carbocycles. The van der Waals surface area contributed by atoms with Gasteiger partial charge in [-0.25, -0.2) is 4.98 Å². The van der Waals surface area contributed by atoms with Crippen LogP contribution in [-0.2, 0) is 23.4 Å². The van der Waals surface area contributed by atoms with Crippen molar-refractivity contribution < 1.29 is 19.4 Å². The van der Waals surface area contributed by atoms with Gasteiger partial charge >= 0.3 is 0 Å². The van der Waals surface area contributed by atoms with Gasteiger partial charge in [0.1, 0.15) is 17.2 Å². The summed E-state index contributed by atoms with van der Waals surface area (Å²) in [6.45, 7) is 4.33. The number of hydrogen-bond donors (Lipinski definition) is 2. The van der Waals surface area contributed by atoms with Crippen LogP contribution < -0.4 is 15.6 Å². The van der Waals surface area contributed by atoms with Crippen LogP contribution in [0.1, 0.15) is 35.7 Å². The van der Waals surface area contributed by atoms with E-state index < -0.39 is 22.8 Å². The van der Waals surface area contributed by atoms with Gasteiger partial charge in [0.2, 0.25) is 5.75 Å². The standard InChI is InChI=1S/C24H25N3O5/c1-24(2)23-26-19(20(28)22(30)27(23)11-12-32-24)21(29)25-14-16-7-4-5-10-18(16)15-8-6-9-17(13-15)31-3/h4-10,13,28H,11-12,14H2,1-3H3,(H,25,29). The maximum atomic E-state index is 12.9. The Bertz CT molecular complexity index is 1230. The van der Waals surface area contributed by atoms with Crippen molar-refractivity contribution in [3.05, 3.63) is 76.0 Å². The molecule has 0 radical (unpaired) electrons. The van der Waals surface area contributed by atoms with Crippen molar-refractivity contribution in [1.82, 2.24) is 14.9 Å². The monoisotopic (exact) mass is 435 g/mol. The Morgan fingerprint density at radius 1 is 1.25 bits per heavy atom. The Morgan fingerprint density at radius 2 is 2.03 bits per heavy atom. The van der Waals surface area contributed by atoms with Crippen molar-refractivity contribution in [3.63, 3.8) is 0 Å². The molecular formula is C24H25N3O5. The minimum Gasteiger partial charge on any atom is -0.501 e. The number of benzene rings is 2. The van der Waals surface area contributed by atoms with E-state index in [4.69, 9.17) is 9.47 Å². The first-order chi connectivity index (χ1) is 15.3. The summed E-state index contributed by atoms with van der Waals surface area (Å²) in [6, 6.07) is 15.3. The van der Waals surface area contributed by atoms with Crippen LogP contribution in [0.3, 0.4) is 0 Å². The molecule has 0 bridgehead atoms. The quantitative estimate of drug-likeness (QED) is 0.639. The van der Waals surface area contributed by atoms with Gasteiger partial charge in [-0.15, -0.1) is 0 Å². The fourth-order valence-corrected chi connectivity index (χ4v) is 3.83. The molecule has 2 heterocycles. The second kappa shape index (κ2) is 8.47. The van der Waals surface area contributed by atoms with Gasteiger partial charge in [0.25, 0.3) is 11.5 Å². The van der Waals surface area contributed by atoms with E-state index in [2.05, 4.69) is 10.3 Å². The molecule has 0 saturated carbocycles. The number of nitrogens with one attached hydrogen (secondary N) is 1. The minimum atomic E-state index is -0.848. The average molecular weight is 435 g/mol. The van der Waals surface area contributed by atoms with E-state index >= 15 is 0 Å². The molecular weight excluding hydrogens is 410 g/mol. The first kappa shape index (κ1) is 21.6. The lowest BCUT2D eigenvalue weighted by Crippen LogP contribution is -2.42. The zero-order valence-corrected chi connectivity index (χ0v) is 18.2. The van der Waals surface area contributed by atoms with Crippen molar-refractivity contribution >= 4 is 5.91 Å². The zero-order chi connectivity index (χ0) is 22.9. The van der Waals surface area contributed by atoms with Gasteiger partial charge in [0, 0.05) is 6.54 Å². The van der Waals surface area contributed by atoms with Gasteiger partial charge in [0.15, 0.2) is 5.69 Å². The molecule has 1 aliphatic heterocycles. The van der Waals surface area contributed by atoms with Gasteiger partial charge in [-0.05, 0) is 42.7 Å². The summed E-state index contributed by atoms with van der Waals surface area (Å²) >= 11 is 0. The molecule has 0 spiro atoms. The average Bonchev–Trinajstić information content (AvgIpc) is 2.80. The summed E-state index contributed by atoms with van der Waals surface area (Å²) in [5.74, 6) is -0.252. The van der Waals surface area contributed by atoms with Crippen LogP contribution in [0.25, 0.3) is 11.1 Å². The van der Waals surface area contributed by atoms with Gasteiger partial charge in [-0.3, -0.25) is 14.2 Å². The molecule has 0 unspecified atom stereocenters. The largest absolute Gasteiger partial charge is 0.501 e. The molecule has 1 amide bonds. The number of hydrogen-bond acceptors (Lipinski definition) is 6. The molecule has 3 aromatic rings. The van der Waals surface area contributed by atoms with Gasteiger partial charge in [-0.1, -0.05) is 36.4 Å². The van der Waals surface area contributed by atoms with Crippen LogP contribution in [0.4, 0.5) is 0 Å². The van der Waals surface area contributed by atoms with Gasteiger partial charge < -0.3 is 19.9 Å². The predicted octanol–water partition coefficient (Wildman–Crippen LogP) is 2.82. The Labute approximate surface area is 185 Å². The number of nitrogens with zero attached hydrogens (tertiary/aromatic N) is 2. The topological polar surface area (TPSA) is 103 Å². The molecule has 0 saturated heterocycles. The van der Waals surface area contributed by atoms with Crippen LogP contribution in [0, 0.1) is 0 Å². The van der Waals surface area contributed by atoms with Crippen LogP contribution in [0.15, 0.2) is 53.3 Å². The first-order valence-electron chi connectivity index (χ1n) is 10.3. The number of aromatic nitrogens is 2. The molecule has 1 aromatic heterocycles. The summed E-state index contributed by atoms with van der Waals surface area (Å²) in [7, 11) is 1.61. The third-order valence-corrected chi connectivity index (χ3v) is 5.51. The van der Waals surface area contributed by atoms with Crippen molar-refractivity contribution in [2.24, 2.45) is 0 Å². The molecule has 166 valence electrons. The Hall–Kier alpha value is -3.65. The highest BCUT2D eigenvalue weighted by molar-refractivity contribution is 5.94. The lowest BCUT2D eigenvalue weighted by Gasteiger charge is -2.32. The third kappa shape index (κ3) is 3.97. The summed E-state index contributed by atoms with van der Waals surface area (Å²) < 4.78 is 12.4. The molecule has 8 heteroatoms. The fraction of sp³-hybridized carbons (Fsp3) is 0.292. The lowest BCUT2D eigenvalue weighted by atomic mass is 9.99. The Kier molecular flexibility index (Phi) is 5.71. The van der Waals surface area contributed by atoms with Crippen LogP contribution >= 0.6 is 0 Å². The third-order valence-electron chi connectivity index (χ3n) is 5.51. The summed E-state index contributed by atoms with van der Waals surface area (Å²) in [6.07, 6.45) is 0. The number of ether oxygens (including phenoxy) is 2. The maximum absolute atomic E-state index is 12.9. The smallest absolute Gasteiger partial charge is 0.296 e. The maximum Gasteiger partial charge on any atom is 0.296 e. The van der Waals surface area contributed by atoms with E-state index in [-0.39, 0.29) is 18.8 Å². The highest BCUT2D eigenvalue weighted by atomic mass is 16.5. The summed E-state index contributed by atoms with van der Waals surface area (Å²) in [5, 5.41) is 13.1. The van der Waals surface area contributed by atoms with Gasteiger partial charge in [0.05, 0.1) is 20.3 Å². The molecule has 0 fully saturated rings. The molecule has 8 nitrogen and oxygen atoms in total. The number of amides is 1. The Morgan fingerprint density at radius 3 is 2.81 bits per heavy atom. The van der Waals surface area contributed by atoms with E-state index in [0.29, 0.717) is 12.4 Å². The summed E-state index contributed by atoms with van der Waals surface area (Å²) in [4.78, 5) is 29.8. The van der Waals surface area contributed by atoms with Crippen molar-refractivity contribution in [2.45, 2.75) is 32.5 Å². The number of carbonyl (C=O) groups excluding carboxylic acids is 1. The highest BCUT2D eigenvalue weighted by Crippen LogP contribution is 2.28. The van der Waals surface area contributed by atoms with Crippen LogP contribution in [0.2, 0.25) is 0 Å². The molecule has 0 atom stereocenters. The van der Waals surface area contributed by atoms with Crippen LogP contribution in [0.5, 0.6) is 11.5 Å². The fourth-order valence-electron chi connectivity index (χ4n) is 3.83. The van der Waals surface area contributed by atoms with E-state index in [0.717, 1.165) is 22.4 Å². The number of rotatable bonds is 5.